The fourth-order valence-corrected chi connectivity index (χ4v) is 11.7. The number of hydrogen-bond acceptors (Lipinski definition) is 2. The molecule has 0 atom stereocenters. The third-order valence-electron chi connectivity index (χ3n) is 4.44. The van der Waals surface area contributed by atoms with Gasteiger partial charge in [-0.2, -0.15) is 0 Å². The van der Waals surface area contributed by atoms with Crippen LogP contribution in [0.15, 0.2) is 12.2 Å². The summed E-state index contributed by atoms with van der Waals surface area (Å²) in [5.41, 5.74) is 0.504. The van der Waals surface area contributed by atoms with Crippen LogP contribution in [0, 0.1) is 0 Å². The van der Waals surface area contributed by atoms with E-state index in [1.54, 1.807) is 6.92 Å². The van der Waals surface area contributed by atoms with Crippen LogP contribution in [0.1, 0.15) is 66.2 Å². The van der Waals surface area contributed by atoms with Crippen LogP contribution in [0.25, 0.3) is 0 Å². The van der Waals surface area contributed by atoms with Gasteiger partial charge in [0.1, 0.15) is 0 Å². The van der Waals surface area contributed by atoms with Crippen molar-refractivity contribution in [2.45, 2.75) is 66.2 Å². The van der Waals surface area contributed by atoms with Gasteiger partial charge in [0, 0.05) is 0 Å². The van der Waals surface area contributed by atoms with Gasteiger partial charge in [-0.1, -0.05) is 0 Å². The molecule has 132 valence electrons. The second kappa shape index (κ2) is 11.0. The molecular weight excluding hydrogens is 406 g/mol. The molecule has 0 aliphatic carbocycles. The molecule has 0 bridgehead atoms. The minimum absolute atomic E-state index is 0.233. The average molecular weight is 442 g/mol. The quantitative estimate of drug-likeness (QED) is 0.143. The van der Waals surface area contributed by atoms with Gasteiger partial charge >= 0.3 is 151 Å². The summed E-state index contributed by atoms with van der Waals surface area (Å²) in [4.78, 5) is 11.7. The molecule has 0 aliphatic rings. The first-order valence-electron chi connectivity index (χ1n) is 8.86. The van der Waals surface area contributed by atoms with Gasteiger partial charge in [-0.25, -0.2) is 0 Å². The Bertz CT molecular complexity index is 330. The third-order valence-corrected chi connectivity index (χ3v) is 15.8. The van der Waals surface area contributed by atoms with E-state index < -0.39 is 4.25 Å². The maximum absolute atomic E-state index is 11.7. The Labute approximate surface area is 151 Å². The van der Waals surface area contributed by atoms with Crippen molar-refractivity contribution in [2.75, 3.05) is 31.3 Å². The van der Waals surface area contributed by atoms with Crippen LogP contribution < -0.4 is 0 Å². The summed E-state index contributed by atoms with van der Waals surface area (Å²) >= 11 is 2.86. The number of esters is 1. The number of carbonyl (C=O) groups excluding carboxylic acids is 1. The SMILES string of the molecule is C=C(C)C(=O)OCCP(I)(CCCC)(CCCC)CCCC. The van der Waals surface area contributed by atoms with Crippen LogP contribution in [-0.4, -0.2) is 37.2 Å². The van der Waals surface area contributed by atoms with E-state index in [1.165, 1.54) is 57.0 Å². The van der Waals surface area contributed by atoms with Crippen LogP contribution >= 0.6 is 26.3 Å². The molecule has 0 saturated heterocycles. The van der Waals surface area contributed by atoms with E-state index in [4.69, 9.17) is 4.74 Å². The predicted molar refractivity (Wildman–Crippen MR) is 111 cm³/mol. The van der Waals surface area contributed by atoms with Crippen molar-refractivity contribution in [1.82, 2.24) is 0 Å². The van der Waals surface area contributed by atoms with Crippen molar-refractivity contribution in [3.63, 3.8) is 0 Å². The Morgan fingerprint density at radius 1 is 0.955 bits per heavy atom. The Kier molecular flexibility index (Phi) is 11.2. The van der Waals surface area contributed by atoms with Gasteiger partial charge in [0.05, 0.1) is 0 Å². The molecule has 0 aromatic heterocycles. The number of ether oxygens (including phenoxy) is 1. The monoisotopic (exact) mass is 442 g/mol. The molecule has 0 aromatic carbocycles. The minimum atomic E-state index is -1.78. The molecule has 0 amide bonds. The summed E-state index contributed by atoms with van der Waals surface area (Å²) < 4.78 is 3.67. The van der Waals surface area contributed by atoms with Gasteiger partial charge in [0.25, 0.3) is 0 Å². The van der Waals surface area contributed by atoms with Crippen LogP contribution in [0.2, 0.25) is 0 Å². The average Bonchev–Trinajstić information content (AvgIpc) is 2.49. The zero-order valence-electron chi connectivity index (χ0n) is 15.1. The summed E-state index contributed by atoms with van der Waals surface area (Å²) in [6, 6.07) is 0. The fraction of sp³-hybridized carbons (Fsp3) is 0.833. The van der Waals surface area contributed by atoms with Gasteiger partial charge in [-0.15, -0.1) is 0 Å². The zero-order chi connectivity index (χ0) is 17.1. The zero-order valence-corrected chi connectivity index (χ0v) is 18.2. The molecule has 0 unspecified atom stereocenters. The van der Waals surface area contributed by atoms with Gasteiger partial charge < -0.3 is 0 Å². The summed E-state index contributed by atoms with van der Waals surface area (Å²) in [5, 5.41) is 0. The Morgan fingerprint density at radius 3 is 1.68 bits per heavy atom. The molecule has 0 spiro atoms. The summed E-state index contributed by atoms with van der Waals surface area (Å²) in [6.45, 7) is 12.8. The number of hydrogen-bond donors (Lipinski definition) is 0. The first kappa shape index (κ1) is 22.4. The van der Waals surface area contributed by atoms with Crippen molar-refractivity contribution in [3.8, 4) is 0 Å². The summed E-state index contributed by atoms with van der Waals surface area (Å²) in [6.07, 6.45) is 12.8. The second-order valence-corrected chi connectivity index (χ2v) is 20.3. The molecule has 0 aliphatic heterocycles. The molecule has 0 rings (SSSR count). The maximum atomic E-state index is 11.7. The predicted octanol–water partition coefficient (Wildman–Crippen LogP) is 6.41. The molecule has 2 nitrogen and oxygen atoms in total. The van der Waals surface area contributed by atoms with Gasteiger partial charge in [0.15, 0.2) is 0 Å². The third kappa shape index (κ3) is 8.29. The van der Waals surface area contributed by atoms with E-state index in [1.807, 2.05) is 0 Å². The van der Waals surface area contributed by atoms with Gasteiger partial charge in [0.2, 0.25) is 0 Å². The van der Waals surface area contributed by atoms with E-state index in [0.717, 1.165) is 6.16 Å². The van der Waals surface area contributed by atoms with Crippen molar-refractivity contribution in [3.05, 3.63) is 12.2 Å². The van der Waals surface area contributed by atoms with Crippen LogP contribution in [0.5, 0.6) is 0 Å². The Hall–Kier alpha value is 0.370. The molecular formula is C18H36IO2P. The molecule has 0 heterocycles. The standard InChI is InChI=1S/C18H36IO2P/c1-6-9-13-22(19,14-10-7-2,15-11-8-3)16-12-21-18(20)17(4)5/h4,6-16H2,1-3,5H3. The molecule has 0 radical (unpaired) electrons. The second-order valence-electron chi connectivity index (χ2n) is 6.69. The van der Waals surface area contributed by atoms with Crippen molar-refractivity contribution in [1.29, 1.82) is 0 Å². The normalized spacial score (nSPS) is 13.4. The Balaban J connectivity index is 4.97. The van der Waals surface area contributed by atoms with E-state index in [2.05, 4.69) is 49.4 Å². The molecule has 0 fully saturated rings. The molecule has 22 heavy (non-hydrogen) atoms. The first-order chi connectivity index (χ1) is 10.3. The molecule has 0 N–H and O–H groups in total. The number of carbonyl (C=O) groups is 1. The molecule has 4 heteroatoms. The summed E-state index contributed by atoms with van der Waals surface area (Å²) in [5.74, 6) is -0.233. The van der Waals surface area contributed by atoms with Gasteiger partial charge in [-0.05, 0) is 0 Å². The van der Waals surface area contributed by atoms with E-state index in [9.17, 15) is 4.79 Å². The number of halogens is 1. The first-order valence-corrected chi connectivity index (χ1v) is 14.6. The molecule has 0 saturated carbocycles. The van der Waals surface area contributed by atoms with Crippen LogP contribution in [-0.2, 0) is 9.53 Å². The number of rotatable bonds is 13. The summed E-state index contributed by atoms with van der Waals surface area (Å²) in [7, 11) is 0. The van der Waals surface area contributed by atoms with Crippen molar-refractivity contribution < 1.29 is 9.53 Å². The van der Waals surface area contributed by atoms with Crippen molar-refractivity contribution in [2.24, 2.45) is 0 Å². The number of unbranched alkanes of at least 4 members (excludes halogenated alkanes) is 3. The van der Waals surface area contributed by atoms with Crippen LogP contribution in [0.4, 0.5) is 0 Å². The van der Waals surface area contributed by atoms with E-state index in [0.29, 0.717) is 12.2 Å². The van der Waals surface area contributed by atoms with Crippen molar-refractivity contribution >= 4 is 32.3 Å². The fourth-order valence-electron chi connectivity index (χ4n) is 2.82. The van der Waals surface area contributed by atoms with Gasteiger partial charge in [-0.3, -0.25) is 0 Å². The van der Waals surface area contributed by atoms with Crippen LogP contribution in [0.3, 0.4) is 0 Å². The Morgan fingerprint density at radius 2 is 1.36 bits per heavy atom. The molecule has 0 aromatic rings. The topological polar surface area (TPSA) is 26.3 Å². The van der Waals surface area contributed by atoms with E-state index >= 15 is 0 Å². The van der Waals surface area contributed by atoms with E-state index in [-0.39, 0.29) is 5.97 Å².